The van der Waals surface area contributed by atoms with E-state index < -0.39 is 0 Å². The number of aromatic hydroxyl groups is 2. The van der Waals surface area contributed by atoms with Crippen molar-refractivity contribution >= 4 is 40.3 Å². The molecule has 116 valence electrons. The molecule has 0 aromatic heterocycles. The summed E-state index contributed by atoms with van der Waals surface area (Å²) in [5.41, 5.74) is 1.12. The molecule has 2 N–H and O–H groups in total. The Labute approximate surface area is 142 Å². The number of benzene rings is 3. The highest BCUT2D eigenvalue weighted by Crippen LogP contribution is 2.38. The van der Waals surface area contributed by atoms with Crippen LogP contribution in [0, 0.1) is 0 Å². The third kappa shape index (κ3) is 2.85. The fraction of sp³-hybridized carbons (Fsp3) is 0.0556. The Morgan fingerprint density at radius 2 is 1.74 bits per heavy atom. The Kier molecular flexibility index (Phi) is 4.16. The second-order valence-corrected chi connectivity index (χ2v) is 6.03. The molecule has 0 aliphatic rings. The maximum Gasteiger partial charge on any atom is 0.153 e. The summed E-state index contributed by atoms with van der Waals surface area (Å²) >= 11 is 12.1. The molecule has 0 unspecified atom stereocenters. The van der Waals surface area contributed by atoms with Gasteiger partial charge in [-0.1, -0.05) is 53.5 Å². The zero-order chi connectivity index (χ0) is 16.6. The number of aldehydes is 1. The van der Waals surface area contributed by atoms with Gasteiger partial charge in [-0.3, -0.25) is 4.79 Å². The Morgan fingerprint density at radius 3 is 2.48 bits per heavy atom. The van der Waals surface area contributed by atoms with Crippen molar-refractivity contribution in [1.82, 2.24) is 0 Å². The smallest absolute Gasteiger partial charge is 0.153 e. The van der Waals surface area contributed by atoms with E-state index in [1.807, 2.05) is 36.4 Å². The summed E-state index contributed by atoms with van der Waals surface area (Å²) in [7, 11) is 0. The van der Waals surface area contributed by atoms with Crippen molar-refractivity contribution in [1.29, 1.82) is 0 Å². The molecule has 3 nitrogen and oxygen atoms in total. The van der Waals surface area contributed by atoms with Crippen molar-refractivity contribution in [2.45, 2.75) is 6.42 Å². The van der Waals surface area contributed by atoms with Crippen LogP contribution < -0.4 is 0 Å². The minimum Gasteiger partial charge on any atom is -0.507 e. The first-order valence-electron chi connectivity index (χ1n) is 6.87. The quantitative estimate of drug-likeness (QED) is 0.659. The molecule has 3 aromatic rings. The molecule has 0 saturated heterocycles. The SMILES string of the molecule is O=Cc1cc(Cl)c(O)c(Cc2ccc3c(Cl)cccc3c2)c1O. The van der Waals surface area contributed by atoms with E-state index in [0.717, 1.165) is 16.3 Å². The number of hydrogen-bond acceptors (Lipinski definition) is 3. The molecule has 0 saturated carbocycles. The lowest BCUT2D eigenvalue weighted by molar-refractivity contribution is 0.112. The predicted octanol–water partition coefficient (Wildman–Crippen LogP) is 4.96. The van der Waals surface area contributed by atoms with E-state index in [9.17, 15) is 15.0 Å². The summed E-state index contributed by atoms with van der Waals surface area (Å²) in [6, 6.07) is 12.5. The minimum atomic E-state index is -0.256. The predicted molar refractivity (Wildman–Crippen MR) is 91.9 cm³/mol. The van der Waals surface area contributed by atoms with Gasteiger partial charge >= 0.3 is 0 Å². The number of rotatable bonds is 3. The zero-order valence-electron chi connectivity index (χ0n) is 11.9. The van der Waals surface area contributed by atoms with Gasteiger partial charge in [0.05, 0.1) is 10.6 Å². The van der Waals surface area contributed by atoms with Crippen LogP contribution in [0.3, 0.4) is 0 Å². The average Bonchev–Trinajstić information content (AvgIpc) is 2.55. The molecular weight excluding hydrogens is 335 g/mol. The van der Waals surface area contributed by atoms with Gasteiger partial charge in [0.1, 0.15) is 11.5 Å². The van der Waals surface area contributed by atoms with Crippen molar-refractivity contribution in [2.24, 2.45) is 0 Å². The van der Waals surface area contributed by atoms with Gasteiger partial charge in [0.15, 0.2) is 6.29 Å². The van der Waals surface area contributed by atoms with Crippen molar-refractivity contribution < 1.29 is 15.0 Å². The fourth-order valence-corrected chi connectivity index (χ4v) is 3.05. The fourth-order valence-electron chi connectivity index (χ4n) is 2.57. The molecule has 3 rings (SSSR count). The third-order valence-electron chi connectivity index (χ3n) is 3.75. The van der Waals surface area contributed by atoms with Gasteiger partial charge in [0.2, 0.25) is 0 Å². The second kappa shape index (κ2) is 6.11. The lowest BCUT2D eigenvalue weighted by Gasteiger charge is -2.11. The average molecular weight is 347 g/mol. The molecule has 0 amide bonds. The summed E-state index contributed by atoms with van der Waals surface area (Å²) < 4.78 is 0. The van der Waals surface area contributed by atoms with E-state index in [2.05, 4.69) is 0 Å². The molecular formula is C18H12Cl2O3. The summed E-state index contributed by atoms with van der Waals surface area (Å²) in [6.45, 7) is 0. The molecule has 3 aromatic carbocycles. The summed E-state index contributed by atoms with van der Waals surface area (Å²) in [4.78, 5) is 11.0. The molecule has 5 heteroatoms. The normalized spacial score (nSPS) is 10.9. The van der Waals surface area contributed by atoms with Gasteiger partial charge in [-0.25, -0.2) is 0 Å². The summed E-state index contributed by atoms with van der Waals surface area (Å²) in [5.74, 6) is -0.478. The Balaban J connectivity index is 2.09. The zero-order valence-corrected chi connectivity index (χ0v) is 13.4. The Bertz CT molecular complexity index is 920. The summed E-state index contributed by atoms with van der Waals surface area (Å²) in [5, 5.41) is 22.8. The van der Waals surface area contributed by atoms with Crippen LogP contribution in [-0.4, -0.2) is 16.5 Å². The Hall–Kier alpha value is -2.23. The number of phenols is 2. The highest BCUT2D eigenvalue weighted by molar-refractivity contribution is 6.35. The minimum absolute atomic E-state index is 0.0312. The van der Waals surface area contributed by atoms with Crippen LogP contribution in [0.1, 0.15) is 21.5 Å². The lowest BCUT2D eigenvalue weighted by atomic mass is 9.98. The topological polar surface area (TPSA) is 57.5 Å². The highest BCUT2D eigenvalue weighted by atomic mass is 35.5. The van der Waals surface area contributed by atoms with Crippen LogP contribution in [0.25, 0.3) is 10.8 Å². The van der Waals surface area contributed by atoms with Crippen LogP contribution in [-0.2, 0) is 6.42 Å². The molecule has 23 heavy (non-hydrogen) atoms. The van der Waals surface area contributed by atoms with Crippen LogP contribution in [0.4, 0.5) is 0 Å². The molecule has 0 aliphatic carbocycles. The van der Waals surface area contributed by atoms with E-state index in [1.165, 1.54) is 6.07 Å². The molecule has 0 bridgehead atoms. The largest absolute Gasteiger partial charge is 0.507 e. The van der Waals surface area contributed by atoms with Gasteiger partial charge in [0.25, 0.3) is 0 Å². The number of hydrogen-bond donors (Lipinski definition) is 2. The summed E-state index contributed by atoms with van der Waals surface area (Å²) in [6.07, 6.45) is 0.742. The number of carbonyl (C=O) groups is 1. The first-order chi connectivity index (χ1) is 11.0. The van der Waals surface area contributed by atoms with Crippen molar-refractivity contribution in [3.05, 3.63) is 69.2 Å². The van der Waals surface area contributed by atoms with E-state index in [1.54, 1.807) is 0 Å². The maximum atomic E-state index is 11.0. The van der Waals surface area contributed by atoms with Crippen LogP contribution >= 0.6 is 23.2 Å². The van der Waals surface area contributed by atoms with Crippen molar-refractivity contribution in [3.63, 3.8) is 0 Å². The standard InChI is InChI=1S/C18H12Cl2O3/c19-15-3-1-2-11-6-10(4-5-13(11)15)7-14-17(22)12(9-21)8-16(20)18(14)23/h1-6,8-9,22-23H,7H2. The third-order valence-corrected chi connectivity index (χ3v) is 4.37. The van der Waals surface area contributed by atoms with E-state index >= 15 is 0 Å². The lowest BCUT2D eigenvalue weighted by Crippen LogP contribution is -1.94. The Morgan fingerprint density at radius 1 is 0.957 bits per heavy atom. The molecule has 0 aliphatic heterocycles. The monoisotopic (exact) mass is 346 g/mol. The van der Waals surface area contributed by atoms with Gasteiger partial charge < -0.3 is 10.2 Å². The van der Waals surface area contributed by atoms with Crippen LogP contribution in [0.5, 0.6) is 11.5 Å². The molecule has 0 atom stereocenters. The van der Waals surface area contributed by atoms with E-state index in [4.69, 9.17) is 23.2 Å². The van der Waals surface area contributed by atoms with Crippen molar-refractivity contribution in [3.8, 4) is 11.5 Å². The number of carbonyl (C=O) groups excluding carboxylic acids is 1. The van der Waals surface area contributed by atoms with E-state index in [-0.39, 0.29) is 34.1 Å². The van der Waals surface area contributed by atoms with Gasteiger partial charge in [-0.2, -0.15) is 0 Å². The van der Waals surface area contributed by atoms with Gasteiger partial charge in [0, 0.05) is 22.4 Å². The molecule has 0 radical (unpaired) electrons. The molecule has 0 spiro atoms. The molecule has 0 fully saturated rings. The van der Waals surface area contributed by atoms with Gasteiger partial charge in [-0.05, 0) is 23.1 Å². The highest BCUT2D eigenvalue weighted by Gasteiger charge is 2.16. The number of phenolic OH excluding ortho intramolecular Hbond substituents is 2. The maximum absolute atomic E-state index is 11.0. The number of fused-ring (bicyclic) bond motifs is 1. The van der Waals surface area contributed by atoms with Gasteiger partial charge in [-0.15, -0.1) is 0 Å². The second-order valence-electron chi connectivity index (χ2n) is 5.21. The van der Waals surface area contributed by atoms with E-state index in [0.29, 0.717) is 11.3 Å². The molecule has 0 heterocycles. The van der Waals surface area contributed by atoms with Crippen LogP contribution in [0.15, 0.2) is 42.5 Å². The van der Waals surface area contributed by atoms with Crippen molar-refractivity contribution in [2.75, 3.05) is 0 Å². The first-order valence-corrected chi connectivity index (χ1v) is 7.62. The number of halogens is 2. The van der Waals surface area contributed by atoms with Crippen LogP contribution in [0.2, 0.25) is 10.0 Å². The first kappa shape index (κ1) is 15.7.